The number of aromatic nitrogens is 2. The molecule has 0 unspecified atom stereocenters. The van der Waals surface area contributed by atoms with Crippen LogP contribution in [0.25, 0.3) is 5.52 Å². The second-order valence-corrected chi connectivity index (χ2v) is 6.62. The molecule has 0 aliphatic rings. The highest BCUT2D eigenvalue weighted by Crippen LogP contribution is 2.16. The van der Waals surface area contributed by atoms with Crippen molar-refractivity contribution in [2.45, 2.75) is 6.92 Å². The van der Waals surface area contributed by atoms with Crippen molar-refractivity contribution in [3.05, 3.63) is 65.7 Å². The average molecular weight is 365 g/mol. The molecule has 140 valence electrons. The summed E-state index contributed by atoms with van der Waals surface area (Å²) in [5.74, 6) is -0.472. The van der Waals surface area contributed by atoms with Gasteiger partial charge >= 0.3 is 0 Å². The van der Waals surface area contributed by atoms with Crippen LogP contribution in [0.5, 0.6) is 0 Å². The maximum absolute atomic E-state index is 12.7. The first-order valence-corrected chi connectivity index (χ1v) is 8.74. The van der Waals surface area contributed by atoms with E-state index in [4.69, 9.17) is 0 Å². The number of fused-ring (bicyclic) bond motifs is 1. The number of amides is 2. The Balaban J connectivity index is 1.86. The van der Waals surface area contributed by atoms with Crippen LogP contribution in [0.1, 0.15) is 26.7 Å². The Morgan fingerprint density at radius 3 is 2.52 bits per heavy atom. The van der Waals surface area contributed by atoms with Crippen LogP contribution < -0.4 is 10.6 Å². The molecule has 27 heavy (non-hydrogen) atoms. The lowest BCUT2D eigenvalue weighted by molar-refractivity contribution is 0.0940. The number of hydrogen-bond acceptors (Lipinski definition) is 4. The van der Waals surface area contributed by atoms with Crippen LogP contribution in [0.3, 0.4) is 0 Å². The van der Waals surface area contributed by atoms with Gasteiger partial charge < -0.3 is 15.5 Å². The molecular formula is C20H23N5O2. The molecule has 0 aliphatic heterocycles. The van der Waals surface area contributed by atoms with E-state index in [1.54, 1.807) is 22.7 Å². The zero-order valence-corrected chi connectivity index (χ0v) is 15.7. The fourth-order valence-corrected chi connectivity index (χ4v) is 2.66. The van der Waals surface area contributed by atoms with Gasteiger partial charge in [0.05, 0.1) is 5.52 Å². The van der Waals surface area contributed by atoms with Gasteiger partial charge in [-0.05, 0) is 45.3 Å². The predicted octanol–water partition coefficient (Wildman–Crippen LogP) is 2.19. The standard InChI is InChI=1S/C20H23N5O2/c1-14-7-9-15(10-8-14)22-19(26)17-16-6-4-5-12-25(16)18(23-17)20(27)21-11-13-24(2)3/h4-10,12H,11,13H2,1-3H3,(H,21,27)(H,22,26). The highest BCUT2D eigenvalue weighted by Gasteiger charge is 2.21. The quantitative estimate of drug-likeness (QED) is 0.702. The van der Waals surface area contributed by atoms with Gasteiger partial charge in [-0.15, -0.1) is 0 Å². The minimum absolute atomic E-state index is 0.193. The van der Waals surface area contributed by atoms with Crippen LogP contribution in [-0.4, -0.2) is 53.3 Å². The molecule has 0 saturated heterocycles. The van der Waals surface area contributed by atoms with Crippen LogP contribution in [0.4, 0.5) is 5.69 Å². The van der Waals surface area contributed by atoms with Crippen molar-refractivity contribution >= 4 is 23.0 Å². The molecule has 0 atom stereocenters. The Morgan fingerprint density at radius 2 is 1.81 bits per heavy atom. The lowest BCUT2D eigenvalue weighted by Gasteiger charge is -2.09. The normalized spacial score (nSPS) is 11.0. The van der Waals surface area contributed by atoms with Gasteiger partial charge in [-0.2, -0.15) is 0 Å². The van der Waals surface area contributed by atoms with Crippen LogP contribution in [0.2, 0.25) is 0 Å². The highest BCUT2D eigenvalue weighted by molar-refractivity contribution is 6.08. The van der Waals surface area contributed by atoms with Crippen LogP contribution >= 0.6 is 0 Å². The molecule has 0 spiro atoms. The third-order valence-electron chi connectivity index (χ3n) is 4.12. The molecule has 2 N–H and O–H groups in total. The van der Waals surface area contributed by atoms with Gasteiger partial charge in [0.15, 0.2) is 5.69 Å². The van der Waals surface area contributed by atoms with Crippen molar-refractivity contribution < 1.29 is 9.59 Å². The summed E-state index contributed by atoms with van der Waals surface area (Å²) < 4.78 is 1.63. The SMILES string of the molecule is Cc1ccc(NC(=O)c2nc(C(=O)NCCN(C)C)n3ccccc23)cc1. The second-order valence-electron chi connectivity index (χ2n) is 6.62. The third-order valence-corrected chi connectivity index (χ3v) is 4.12. The van der Waals surface area contributed by atoms with Gasteiger partial charge in [-0.25, -0.2) is 4.98 Å². The lowest BCUT2D eigenvalue weighted by atomic mass is 10.2. The molecule has 2 aromatic heterocycles. The molecule has 2 amide bonds. The van der Waals surface area contributed by atoms with E-state index in [0.29, 0.717) is 17.7 Å². The zero-order valence-electron chi connectivity index (χ0n) is 15.7. The first kappa shape index (κ1) is 18.6. The number of rotatable bonds is 6. The smallest absolute Gasteiger partial charge is 0.287 e. The fraction of sp³-hybridized carbons (Fsp3) is 0.250. The maximum Gasteiger partial charge on any atom is 0.287 e. The maximum atomic E-state index is 12.7. The van der Waals surface area contributed by atoms with E-state index < -0.39 is 0 Å². The predicted molar refractivity (Wildman–Crippen MR) is 105 cm³/mol. The number of nitrogens with zero attached hydrogens (tertiary/aromatic N) is 3. The molecule has 3 aromatic rings. The molecule has 1 aromatic carbocycles. The number of aryl methyl sites for hydroxylation is 1. The Labute approximate surface area is 158 Å². The highest BCUT2D eigenvalue weighted by atomic mass is 16.2. The molecule has 2 heterocycles. The molecular weight excluding hydrogens is 342 g/mol. The van der Waals surface area contributed by atoms with E-state index in [1.165, 1.54) is 0 Å². The van der Waals surface area contributed by atoms with E-state index in [9.17, 15) is 9.59 Å². The molecule has 0 aliphatic carbocycles. The third kappa shape index (κ3) is 4.32. The summed E-state index contributed by atoms with van der Waals surface area (Å²) in [5.41, 5.74) is 2.59. The Morgan fingerprint density at radius 1 is 1.07 bits per heavy atom. The first-order valence-electron chi connectivity index (χ1n) is 8.74. The number of hydrogen-bond donors (Lipinski definition) is 2. The van der Waals surface area contributed by atoms with Gasteiger partial charge in [-0.1, -0.05) is 23.8 Å². The number of carbonyl (C=O) groups is 2. The number of benzene rings is 1. The fourth-order valence-electron chi connectivity index (χ4n) is 2.66. The molecule has 0 saturated carbocycles. The second kappa shape index (κ2) is 8.01. The number of pyridine rings is 1. The van der Waals surface area contributed by atoms with Crippen molar-refractivity contribution in [2.75, 3.05) is 32.5 Å². The van der Waals surface area contributed by atoms with E-state index in [0.717, 1.165) is 12.1 Å². The topological polar surface area (TPSA) is 78.7 Å². The van der Waals surface area contributed by atoms with E-state index in [1.807, 2.05) is 56.3 Å². The molecule has 7 heteroatoms. The molecule has 0 fully saturated rings. The van der Waals surface area contributed by atoms with Crippen LogP contribution in [0, 0.1) is 6.92 Å². The van der Waals surface area contributed by atoms with Gasteiger partial charge in [-0.3, -0.25) is 14.0 Å². The Kier molecular flexibility index (Phi) is 5.52. The van der Waals surface area contributed by atoms with Gasteiger partial charge in [0.25, 0.3) is 11.8 Å². The number of nitrogens with one attached hydrogen (secondary N) is 2. The number of anilines is 1. The Bertz CT molecular complexity index is 960. The summed E-state index contributed by atoms with van der Waals surface area (Å²) >= 11 is 0. The van der Waals surface area contributed by atoms with Gasteiger partial charge in [0.1, 0.15) is 0 Å². The summed E-state index contributed by atoms with van der Waals surface area (Å²) in [7, 11) is 3.87. The van der Waals surface area contributed by atoms with Crippen molar-refractivity contribution in [3.63, 3.8) is 0 Å². The average Bonchev–Trinajstić information content (AvgIpc) is 3.03. The minimum atomic E-state index is -0.352. The number of carbonyl (C=O) groups excluding carboxylic acids is 2. The van der Waals surface area contributed by atoms with E-state index in [2.05, 4.69) is 15.6 Å². The van der Waals surface area contributed by atoms with Crippen LogP contribution in [0.15, 0.2) is 48.7 Å². The zero-order chi connectivity index (χ0) is 19.4. The van der Waals surface area contributed by atoms with Gasteiger partial charge in [0, 0.05) is 25.0 Å². The molecule has 0 bridgehead atoms. The van der Waals surface area contributed by atoms with Gasteiger partial charge in [0.2, 0.25) is 5.82 Å². The largest absolute Gasteiger partial charge is 0.348 e. The Hall–Kier alpha value is -3.19. The van der Waals surface area contributed by atoms with Crippen molar-refractivity contribution in [1.29, 1.82) is 0 Å². The van der Waals surface area contributed by atoms with E-state index in [-0.39, 0.29) is 23.3 Å². The number of imidazole rings is 1. The van der Waals surface area contributed by atoms with E-state index >= 15 is 0 Å². The minimum Gasteiger partial charge on any atom is -0.348 e. The molecule has 3 rings (SSSR count). The molecule has 0 radical (unpaired) electrons. The first-order chi connectivity index (χ1) is 13.0. The van der Waals surface area contributed by atoms with Crippen molar-refractivity contribution in [3.8, 4) is 0 Å². The summed E-state index contributed by atoms with van der Waals surface area (Å²) in [6, 6.07) is 12.9. The summed E-state index contributed by atoms with van der Waals surface area (Å²) in [5, 5.41) is 5.67. The lowest BCUT2D eigenvalue weighted by Crippen LogP contribution is -2.32. The van der Waals surface area contributed by atoms with Crippen molar-refractivity contribution in [1.82, 2.24) is 19.6 Å². The molecule has 7 nitrogen and oxygen atoms in total. The summed E-state index contributed by atoms with van der Waals surface area (Å²) in [4.78, 5) is 31.6. The summed E-state index contributed by atoms with van der Waals surface area (Å²) in [6.07, 6.45) is 1.73. The number of likely N-dealkylation sites (N-methyl/N-ethyl adjacent to an activating group) is 1. The monoisotopic (exact) mass is 365 g/mol. The summed E-state index contributed by atoms with van der Waals surface area (Å²) in [6.45, 7) is 3.20. The van der Waals surface area contributed by atoms with Crippen molar-refractivity contribution in [2.24, 2.45) is 0 Å². The van der Waals surface area contributed by atoms with Crippen LogP contribution in [-0.2, 0) is 0 Å².